The largest absolute Gasteiger partial charge is 0.484 e. The quantitative estimate of drug-likeness (QED) is 0.127. The predicted molar refractivity (Wildman–Crippen MR) is 205 cm³/mol. The lowest BCUT2D eigenvalue weighted by Gasteiger charge is -2.33. The van der Waals surface area contributed by atoms with E-state index in [9.17, 15) is 4.79 Å². The molecule has 2 aromatic carbocycles. The molecule has 4 aromatic rings. The van der Waals surface area contributed by atoms with Crippen LogP contribution in [-0.2, 0) is 6.42 Å². The third-order valence-electron chi connectivity index (χ3n) is 9.84. The number of hydrogen-bond acceptors (Lipinski definition) is 8. The summed E-state index contributed by atoms with van der Waals surface area (Å²) in [7, 11) is 4.12. The van der Waals surface area contributed by atoms with Crippen LogP contribution in [-0.4, -0.2) is 64.6 Å². The van der Waals surface area contributed by atoms with Crippen LogP contribution in [0.15, 0.2) is 83.6 Å². The lowest BCUT2D eigenvalue weighted by atomic mass is 9.85. The van der Waals surface area contributed by atoms with Gasteiger partial charge in [0, 0.05) is 36.3 Å². The van der Waals surface area contributed by atoms with E-state index in [1.165, 1.54) is 12.0 Å². The average molecular weight is 692 g/mol. The number of pyridine rings is 1. The number of carbonyl (C=O) groups is 1. The van der Waals surface area contributed by atoms with Crippen LogP contribution in [0.3, 0.4) is 0 Å². The highest BCUT2D eigenvalue weighted by atomic mass is 16.5. The number of ether oxygens (including phenoxy) is 1. The number of rotatable bonds is 9. The Morgan fingerprint density at radius 1 is 1.04 bits per heavy atom. The maximum atomic E-state index is 13.6. The molecular weight excluding hydrogens is 639 g/mol. The van der Waals surface area contributed by atoms with Crippen LogP contribution in [0.4, 0.5) is 16.4 Å². The van der Waals surface area contributed by atoms with E-state index in [0.29, 0.717) is 24.0 Å². The number of amides is 2. The highest BCUT2D eigenvalue weighted by Crippen LogP contribution is 2.39. The summed E-state index contributed by atoms with van der Waals surface area (Å²) >= 11 is 0. The number of nitrogens with two attached hydrogens (primary N) is 1. The minimum absolute atomic E-state index is 0.167. The number of benzene rings is 2. The van der Waals surface area contributed by atoms with Gasteiger partial charge in [0.05, 0.1) is 17.9 Å². The van der Waals surface area contributed by atoms with Crippen molar-refractivity contribution in [2.75, 3.05) is 32.1 Å². The molecule has 3 atom stereocenters. The zero-order valence-electron chi connectivity index (χ0n) is 30.9. The van der Waals surface area contributed by atoms with Crippen molar-refractivity contribution in [1.82, 2.24) is 30.1 Å². The van der Waals surface area contributed by atoms with Gasteiger partial charge in [0.15, 0.2) is 5.65 Å². The minimum Gasteiger partial charge on any atom is -0.484 e. The Morgan fingerprint density at radius 2 is 1.84 bits per heavy atom. The smallest absolute Gasteiger partial charge is 0.320 e. The number of likely N-dealkylation sites (N-methyl/N-ethyl adjacent to an activating group) is 1. The van der Waals surface area contributed by atoms with Crippen LogP contribution in [0.1, 0.15) is 88.6 Å². The second kappa shape index (κ2) is 15.6. The summed E-state index contributed by atoms with van der Waals surface area (Å²) in [5.41, 5.74) is 11.6. The van der Waals surface area contributed by atoms with Gasteiger partial charge in [-0.3, -0.25) is 9.72 Å². The molecule has 1 fully saturated rings. The topological polar surface area (TPSA) is 125 Å². The molecule has 0 spiro atoms. The summed E-state index contributed by atoms with van der Waals surface area (Å²) in [6.07, 6.45) is 9.48. The first-order valence-electron chi connectivity index (χ1n) is 18.2. The molecule has 270 valence electrons. The molecule has 11 heteroatoms. The molecule has 3 heterocycles. The molecule has 6 rings (SSSR count). The number of aliphatic imine (C=N–C) groups is 1. The molecule has 1 saturated heterocycles. The van der Waals surface area contributed by atoms with Gasteiger partial charge >= 0.3 is 6.03 Å². The number of hydrogen-bond donors (Lipinski definition) is 3. The van der Waals surface area contributed by atoms with Gasteiger partial charge < -0.3 is 25.6 Å². The molecule has 0 radical (unpaired) electrons. The third-order valence-corrected chi connectivity index (χ3v) is 9.84. The number of allylic oxidation sites excluding steroid dienone is 1. The third kappa shape index (κ3) is 8.89. The summed E-state index contributed by atoms with van der Waals surface area (Å²) < 4.78 is 8.70. The normalized spacial score (nSPS) is 20.0. The molecule has 2 aromatic heterocycles. The first kappa shape index (κ1) is 35.9. The van der Waals surface area contributed by atoms with Crippen molar-refractivity contribution in [3.05, 3.63) is 95.3 Å². The van der Waals surface area contributed by atoms with E-state index >= 15 is 0 Å². The zero-order chi connectivity index (χ0) is 36.1. The van der Waals surface area contributed by atoms with E-state index in [0.717, 1.165) is 72.9 Å². The molecule has 0 saturated carbocycles. The first-order chi connectivity index (χ1) is 24.4. The number of carbonyl (C=O) groups excluding carboxylic acids is 1. The second-order valence-corrected chi connectivity index (χ2v) is 15.2. The molecule has 4 N–H and O–H groups in total. The van der Waals surface area contributed by atoms with Gasteiger partial charge in [0.1, 0.15) is 17.7 Å². The summed E-state index contributed by atoms with van der Waals surface area (Å²) in [5, 5.41) is 15.2. The van der Waals surface area contributed by atoms with Gasteiger partial charge in [0.2, 0.25) is 5.95 Å². The molecular formula is C40H53N9O2. The summed E-state index contributed by atoms with van der Waals surface area (Å²) in [4.78, 5) is 23.0. The fourth-order valence-electron chi connectivity index (χ4n) is 6.75. The number of aromatic nitrogens is 3. The van der Waals surface area contributed by atoms with Crippen molar-refractivity contribution in [3.63, 3.8) is 0 Å². The Labute approximate surface area is 302 Å². The Bertz CT molecular complexity index is 1890. The van der Waals surface area contributed by atoms with Crippen LogP contribution in [0.5, 0.6) is 5.75 Å². The van der Waals surface area contributed by atoms with E-state index < -0.39 is 0 Å². The van der Waals surface area contributed by atoms with Gasteiger partial charge in [0.25, 0.3) is 0 Å². The monoisotopic (exact) mass is 691 g/mol. The molecule has 11 nitrogen and oxygen atoms in total. The SMILES string of the molecule is C[C@H]1CCCCN1c1nnc2ccc(O[C@@H]3CC[C@H](NC(=O)NC(/C=C(\N)C(C)(C)C)=Nc4cccc(CCN(C)C)c4)c4ccccc43)cn12. The van der Waals surface area contributed by atoms with Crippen molar-refractivity contribution >= 4 is 29.1 Å². The Balaban J connectivity index is 1.18. The molecule has 0 unspecified atom stereocenters. The lowest BCUT2D eigenvalue weighted by molar-refractivity contribution is 0.171. The number of nitrogens with one attached hydrogen (secondary N) is 2. The average Bonchev–Trinajstić information content (AvgIpc) is 3.51. The molecule has 0 bridgehead atoms. The summed E-state index contributed by atoms with van der Waals surface area (Å²) in [6.45, 7) is 10.3. The summed E-state index contributed by atoms with van der Waals surface area (Å²) in [6, 6.07) is 20.1. The molecule has 51 heavy (non-hydrogen) atoms. The molecule has 1 aliphatic heterocycles. The minimum atomic E-state index is -0.341. The van der Waals surface area contributed by atoms with Gasteiger partial charge in [-0.1, -0.05) is 57.2 Å². The van der Waals surface area contributed by atoms with Crippen molar-refractivity contribution in [2.45, 2.75) is 84.4 Å². The Kier molecular flexibility index (Phi) is 11.0. The predicted octanol–water partition coefficient (Wildman–Crippen LogP) is 7.09. The van der Waals surface area contributed by atoms with Gasteiger partial charge in [-0.15, -0.1) is 10.2 Å². The van der Waals surface area contributed by atoms with Gasteiger partial charge in [-0.25, -0.2) is 9.79 Å². The lowest BCUT2D eigenvalue weighted by Crippen LogP contribution is -2.42. The van der Waals surface area contributed by atoms with E-state index in [4.69, 9.17) is 15.5 Å². The first-order valence-corrected chi connectivity index (χ1v) is 18.2. The van der Waals surface area contributed by atoms with Crippen LogP contribution in [0, 0.1) is 5.41 Å². The van der Waals surface area contributed by atoms with Crippen molar-refractivity contribution in [2.24, 2.45) is 16.1 Å². The van der Waals surface area contributed by atoms with E-state index in [1.807, 2.05) is 67.8 Å². The Hall–Kier alpha value is -4.90. The van der Waals surface area contributed by atoms with Crippen molar-refractivity contribution in [1.29, 1.82) is 0 Å². The Morgan fingerprint density at radius 3 is 2.61 bits per heavy atom. The fourth-order valence-corrected chi connectivity index (χ4v) is 6.75. The van der Waals surface area contributed by atoms with Crippen LogP contribution < -0.4 is 26.0 Å². The highest BCUT2D eigenvalue weighted by Gasteiger charge is 2.30. The van der Waals surface area contributed by atoms with Gasteiger partial charge in [-0.05, 0) is 100 Å². The number of anilines is 1. The van der Waals surface area contributed by atoms with Crippen molar-refractivity contribution in [3.8, 4) is 5.75 Å². The zero-order valence-corrected chi connectivity index (χ0v) is 30.9. The maximum absolute atomic E-state index is 13.6. The fraction of sp³-hybridized carbons (Fsp3) is 0.450. The van der Waals surface area contributed by atoms with E-state index in [2.05, 4.69) is 75.9 Å². The van der Waals surface area contributed by atoms with Crippen LogP contribution in [0.2, 0.25) is 0 Å². The molecule has 1 aliphatic carbocycles. The number of piperidine rings is 1. The number of nitrogens with zero attached hydrogens (tertiary/aromatic N) is 6. The van der Waals surface area contributed by atoms with Crippen LogP contribution in [0.25, 0.3) is 5.65 Å². The standard InChI is InChI=1S/C40H53N9O2/c1-27-12-9-10-22-48(27)39-46-45-37-20-17-30(26-49(37)39)51-34-19-18-33(31-15-7-8-16-32(31)34)43-38(50)44-36(25-35(41)40(2,3)4)42-29-14-11-13-28(24-29)21-23-47(5)6/h7-8,11,13-17,20,24-27,33-34H,9-10,12,18-19,21-23,41H2,1-6H3,(H2,42,43,44,50)/b35-25-/t27-,33-,34+/m0/s1. The molecule has 2 aliphatic rings. The van der Waals surface area contributed by atoms with E-state index in [1.54, 1.807) is 6.08 Å². The number of fused-ring (bicyclic) bond motifs is 2. The number of urea groups is 1. The number of amidine groups is 1. The van der Waals surface area contributed by atoms with Gasteiger partial charge in [-0.2, -0.15) is 0 Å². The van der Waals surface area contributed by atoms with Crippen LogP contribution >= 0.6 is 0 Å². The second-order valence-electron chi connectivity index (χ2n) is 15.2. The summed E-state index contributed by atoms with van der Waals surface area (Å²) in [5.74, 6) is 2.01. The molecule has 2 amide bonds. The van der Waals surface area contributed by atoms with E-state index in [-0.39, 0.29) is 23.6 Å². The van der Waals surface area contributed by atoms with Crippen molar-refractivity contribution < 1.29 is 9.53 Å². The highest BCUT2D eigenvalue weighted by molar-refractivity contribution is 6.05. The maximum Gasteiger partial charge on any atom is 0.320 e.